The van der Waals surface area contributed by atoms with Crippen LogP contribution in [0.4, 0.5) is 4.39 Å². The van der Waals surface area contributed by atoms with Crippen molar-refractivity contribution >= 4 is 9.84 Å². The molecule has 0 heterocycles. The lowest BCUT2D eigenvalue weighted by Crippen LogP contribution is -2.19. The van der Waals surface area contributed by atoms with E-state index in [0.29, 0.717) is 12.8 Å². The van der Waals surface area contributed by atoms with Crippen molar-refractivity contribution in [3.05, 3.63) is 77.5 Å². The molecule has 0 radical (unpaired) electrons. The molecule has 5 heteroatoms. The number of benzene rings is 2. The molecule has 0 aliphatic heterocycles. The van der Waals surface area contributed by atoms with E-state index in [1.165, 1.54) is 12.1 Å². The summed E-state index contributed by atoms with van der Waals surface area (Å²) in [6, 6.07) is 16.5. The molecule has 0 saturated carbocycles. The third kappa shape index (κ3) is 4.26. The van der Waals surface area contributed by atoms with Gasteiger partial charge >= 0.3 is 0 Å². The van der Waals surface area contributed by atoms with Crippen LogP contribution in [0.5, 0.6) is 0 Å². The van der Waals surface area contributed by atoms with Crippen LogP contribution in [0.2, 0.25) is 0 Å². The van der Waals surface area contributed by atoms with Crippen LogP contribution in [0.25, 0.3) is 0 Å². The van der Waals surface area contributed by atoms with Gasteiger partial charge in [0.15, 0.2) is 0 Å². The smallest absolute Gasteiger partial charge is 0.233 e. The fourth-order valence-corrected chi connectivity index (χ4v) is 3.13. The number of halogens is 1. The predicted molar refractivity (Wildman–Crippen MR) is 85.6 cm³/mol. The van der Waals surface area contributed by atoms with Gasteiger partial charge in [0.25, 0.3) is 0 Å². The largest absolute Gasteiger partial charge is 0.324 e. The summed E-state index contributed by atoms with van der Waals surface area (Å²) in [5, 5.41) is -1.20. The van der Waals surface area contributed by atoms with E-state index < -0.39 is 21.0 Å². The van der Waals surface area contributed by atoms with E-state index in [0.717, 1.165) is 11.6 Å². The van der Waals surface area contributed by atoms with Crippen LogP contribution in [0.15, 0.2) is 76.8 Å². The number of nitrogens with two attached hydrogens (primary N) is 1. The monoisotopic (exact) mass is 319 g/mol. The minimum Gasteiger partial charge on any atom is -0.324 e. The fraction of sp³-hybridized carbons (Fsp3) is 0.176. The molecule has 0 unspecified atom stereocenters. The van der Waals surface area contributed by atoms with Crippen LogP contribution in [0.3, 0.4) is 0 Å². The highest BCUT2D eigenvalue weighted by Gasteiger charge is 2.21. The number of aryl methyl sites for hydroxylation is 1. The number of rotatable bonds is 6. The first kappa shape index (κ1) is 16.4. The Morgan fingerprint density at radius 3 is 2.18 bits per heavy atom. The van der Waals surface area contributed by atoms with Gasteiger partial charge < -0.3 is 5.73 Å². The standard InChI is InChI=1S/C17H18FNO2S/c18-17(22(20,21)16-9-5-2-6-10-16)13-15(19)12-11-14-7-3-1-4-8-14/h1-10,13,15H,11-12,19H2/t15-/m0/s1. The Kier molecular flexibility index (Phi) is 5.46. The molecule has 0 saturated heterocycles. The third-order valence-corrected chi connectivity index (χ3v) is 4.81. The van der Waals surface area contributed by atoms with E-state index in [1.807, 2.05) is 30.3 Å². The number of sulfone groups is 1. The van der Waals surface area contributed by atoms with Gasteiger partial charge in [0, 0.05) is 6.04 Å². The van der Waals surface area contributed by atoms with Gasteiger partial charge in [-0.3, -0.25) is 0 Å². The molecular weight excluding hydrogens is 301 g/mol. The van der Waals surface area contributed by atoms with E-state index >= 15 is 0 Å². The molecule has 2 N–H and O–H groups in total. The molecule has 0 aliphatic rings. The molecule has 3 nitrogen and oxygen atoms in total. The summed E-state index contributed by atoms with van der Waals surface area (Å²) in [6.07, 6.45) is 2.12. The molecule has 0 aliphatic carbocycles. The zero-order valence-electron chi connectivity index (χ0n) is 12.0. The van der Waals surface area contributed by atoms with Crippen molar-refractivity contribution in [1.29, 1.82) is 0 Å². The Morgan fingerprint density at radius 1 is 1.05 bits per heavy atom. The van der Waals surface area contributed by atoms with Gasteiger partial charge in [-0.2, -0.15) is 4.39 Å². The Bertz CT molecular complexity index is 728. The van der Waals surface area contributed by atoms with E-state index in [1.54, 1.807) is 18.2 Å². The highest BCUT2D eigenvalue weighted by molar-refractivity contribution is 7.95. The zero-order chi connectivity index (χ0) is 16.0. The van der Waals surface area contributed by atoms with E-state index in [2.05, 4.69) is 0 Å². The van der Waals surface area contributed by atoms with Crippen LogP contribution in [-0.4, -0.2) is 14.5 Å². The van der Waals surface area contributed by atoms with Crippen molar-refractivity contribution in [2.45, 2.75) is 23.8 Å². The molecule has 0 amide bonds. The van der Waals surface area contributed by atoms with E-state index in [4.69, 9.17) is 5.73 Å². The van der Waals surface area contributed by atoms with Crippen molar-refractivity contribution in [2.24, 2.45) is 5.73 Å². The second-order valence-electron chi connectivity index (χ2n) is 4.98. The molecule has 2 aromatic carbocycles. The minimum absolute atomic E-state index is 0.0704. The maximum Gasteiger partial charge on any atom is 0.233 e. The normalized spacial score (nSPS) is 13.8. The van der Waals surface area contributed by atoms with Crippen molar-refractivity contribution in [1.82, 2.24) is 0 Å². The Labute approximate surface area is 130 Å². The maximum absolute atomic E-state index is 14.0. The summed E-state index contributed by atoms with van der Waals surface area (Å²) >= 11 is 0. The van der Waals surface area contributed by atoms with Gasteiger partial charge in [0.1, 0.15) is 0 Å². The number of hydrogen-bond donors (Lipinski definition) is 1. The average molecular weight is 319 g/mol. The predicted octanol–water partition coefficient (Wildman–Crippen LogP) is 3.23. The van der Waals surface area contributed by atoms with Gasteiger partial charge in [0.05, 0.1) is 4.90 Å². The lowest BCUT2D eigenvalue weighted by Gasteiger charge is -2.08. The molecule has 2 rings (SSSR count). The van der Waals surface area contributed by atoms with Crippen molar-refractivity contribution < 1.29 is 12.8 Å². The quantitative estimate of drug-likeness (QED) is 0.889. The SMILES string of the molecule is N[C@H](C=C(F)S(=O)(=O)c1ccccc1)CCc1ccccc1. The summed E-state index contributed by atoms with van der Waals surface area (Å²) in [6.45, 7) is 0. The molecular formula is C17H18FNO2S. The summed E-state index contributed by atoms with van der Waals surface area (Å²) < 4.78 is 38.1. The first-order chi connectivity index (χ1) is 10.5. The van der Waals surface area contributed by atoms with Crippen LogP contribution in [0, 0.1) is 0 Å². The maximum atomic E-state index is 14.0. The molecule has 2 aromatic rings. The van der Waals surface area contributed by atoms with Crippen LogP contribution < -0.4 is 5.73 Å². The molecule has 0 aromatic heterocycles. The lowest BCUT2D eigenvalue weighted by atomic mass is 10.1. The van der Waals surface area contributed by atoms with Crippen LogP contribution in [-0.2, 0) is 16.3 Å². The Morgan fingerprint density at radius 2 is 1.59 bits per heavy atom. The van der Waals surface area contributed by atoms with Crippen LogP contribution in [0.1, 0.15) is 12.0 Å². The Balaban J connectivity index is 2.05. The zero-order valence-corrected chi connectivity index (χ0v) is 12.8. The van der Waals surface area contributed by atoms with Gasteiger partial charge in [-0.05, 0) is 36.6 Å². The van der Waals surface area contributed by atoms with Gasteiger partial charge in [0.2, 0.25) is 15.0 Å². The van der Waals surface area contributed by atoms with Gasteiger partial charge in [-0.1, -0.05) is 48.5 Å². The molecule has 1 atom stereocenters. The molecule has 22 heavy (non-hydrogen) atoms. The summed E-state index contributed by atoms with van der Waals surface area (Å²) in [7, 11) is -4.10. The molecule has 0 bridgehead atoms. The lowest BCUT2D eigenvalue weighted by molar-refractivity contribution is 0.572. The van der Waals surface area contributed by atoms with E-state index in [9.17, 15) is 12.8 Å². The summed E-state index contributed by atoms with van der Waals surface area (Å²) in [4.78, 5) is -0.0704. The minimum atomic E-state index is -4.10. The second-order valence-corrected chi connectivity index (χ2v) is 6.84. The Hall–Kier alpha value is -1.98. The third-order valence-electron chi connectivity index (χ3n) is 3.26. The van der Waals surface area contributed by atoms with Gasteiger partial charge in [-0.25, -0.2) is 8.42 Å². The van der Waals surface area contributed by atoms with Crippen molar-refractivity contribution in [2.75, 3.05) is 0 Å². The summed E-state index contributed by atoms with van der Waals surface area (Å²) in [5.41, 5.74) is 6.90. The summed E-state index contributed by atoms with van der Waals surface area (Å²) in [5.74, 6) is 0. The molecule has 0 spiro atoms. The van der Waals surface area contributed by atoms with Crippen molar-refractivity contribution in [3.8, 4) is 0 Å². The second kappa shape index (κ2) is 7.33. The number of hydrogen-bond acceptors (Lipinski definition) is 3. The van der Waals surface area contributed by atoms with Crippen molar-refractivity contribution in [3.63, 3.8) is 0 Å². The first-order valence-electron chi connectivity index (χ1n) is 6.97. The van der Waals surface area contributed by atoms with Gasteiger partial charge in [-0.15, -0.1) is 0 Å². The highest BCUT2D eigenvalue weighted by Crippen LogP contribution is 2.20. The van der Waals surface area contributed by atoms with Crippen LogP contribution >= 0.6 is 0 Å². The average Bonchev–Trinajstić information content (AvgIpc) is 2.54. The topological polar surface area (TPSA) is 60.2 Å². The fourth-order valence-electron chi connectivity index (χ4n) is 2.03. The highest BCUT2D eigenvalue weighted by atomic mass is 32.2. The first-order valence-corrected chi connectivity index (χ1v) is 8.45. The molecule has 0 fully saturated rings. The van der Waals surface area contributed by atoms with E-state index in [-0.39, 0.29) is 4.90 Å². The molecule has 116 valence electrons.